The normalized spacial score (nSPS) is 9.00. The van der Waals surface area contributed by atoms with Gasteiger partial charge in [0.15, 0.2) is 5.78 Å². The van der Waals surface area contributed by atoms with E-state index in [0.29, 0.717) is 10.5 Å². The van der Waals surface area contributed by atoms with Crippen LogP contribution in [-0.2, 0) is 0 Å². The van der Waals surface area contributed by atoms with E-state index < -0.39 is 5.91 Å². The van der Waals surface area contributed by atoms with Gasteiger partial charge >= 0.3 is 29.6 Å². The van der Waals surface area contributed by atoms with Crippen LogP contribution in [0.25, 0.3) is 0 Å². The molecular formula is C9H10NNaO2S. The molecule has 3 nitrogen and oxygen atoms in total. The first-order valence-electron chi connectivity index (χ1n) is 3.66. The van der Waals surface area contributed by atoms with Gasteiger partial charge in [0.25, 0.3) is 0 Å². The summed E-state index contributed by atoms with van der Waals surface area (Å²) >= 11 is 4.04. The summed E-state index contributed by atoms with van der Waals surface area (Å²) < 4.78 is 0. The predicted octanol–water partition coefficient (Wildman–Crippen LogP) is 0.628. The Hall–Kier alpha value is -0.290. The molecule has 1 aromatic rings. The maximum absolute atomic E-state index is 11.0. The second-order valence-corrected chi connectivity index (χ2v) is 3.13. The number of amides is 1. The van der Waals surface area contributed by atoms with Gasteiger partial charge in [0.05, 0.1) is 5.56 Å². The van der Waals surface area contributed by atoms with Crippen molar-refractivity contribution in [3.05, 3.63) is 29.3 Å². The Bertz CT molecular complexity index is 379. The molecule has 0 aliphatic heterocycles. The third-order valence-electron chi connectivity index (χ3n) is 1.67. The summed E-state index contributed by atoms with van der Waals surface area (Å²) in [5, 5.41) is 0. The van der Waals surface area contributed by atoms with Crippen molar-refractivity contribution in [2.75, 3.05) is 0 Å². The molecular weight excluding hydrogens is 209 g/mol. The first-order chi connectivity index (χ1) is 6.02. The van der Waals surface area contributed by atoms with Crippen LogP contribution in [0.1, 0.15) is 27.6 Å². The van der Waals surface area contributed by atoms with Crippen molar-refractivity contribution in [1.82, 2.24) is 0 Å². The fourth-order valence-corrected chi connectivity index (χ4v) is 1.20. The average Bonchev–Trinajstić information content (AvgIpc) is 2.04. The van der Waals surface area contributed by atoms with Crippen molar-refractivity contribution in [2.45, 2.75) is 11.8 Å². The number of nitrogens with two attached hydrogens (primary N) is 1. The fraction of sp³-hybridized carbons (Fsp3) is 0.111. The van der Waals surface area contributed by atoms with E-state index in [9.17, 15) is 9.59 Å². The van der Waals surface area contributed by atoms with Crippen LogP contribution in [0.2, 0.25) is 0 Å². The molecule has 0 radical (unpaired) electrons. The van der Waals surface area contributed by atoms with Gasteiger partial charge in [-0.15, -0.1) is 12.6 Å². The van der Waals surface area contributed by atoms with Gasteiger partial charge in [0.2, 0.25) is 5.91 Å². The van der Waals surface area contributed by atoms with Gasteiger partial charge in [-0.2, -0.15) is 0 Å². The summed E-state index contributed by atoms with van der Waals surface area (Å²) in [5.74, 6) is -0.677. The van der Waals surface area contributed by atoms with E-state index in [4.69, 9.17) is 5.73 Å². The standard InChI is InChI=1S/C9H9NO2S.Na.H/c1-5(11)6-2-3-8(13)7(4-6)9(10)12;;/h2-4,13H,1H3,(H2,10,12);;. The number of Topliss-reactive ketones (excluding diaryl/α,β-unsaturated/α-hetero) is 1. The molecule has 0 atom stereocenters. The Balaban J connectivity index is 0.00000169. The van der Waals surface area contributed by atoms with Crippen LogP contribution in [0.4, 0.5) is 0 Å². The molecule has 70 valence electrons. The van der Waals surface area contributed by atoms with E-state index in [1.165, 1.54) is 13.0 Å². The number of hydrogen-bond donors (Lipinski definition) is 2. The van der Waals surface area contributed by atoms with Gasteiger partial charge < -0.3 is 5.73 Å². The van der Waals surface area contributed by atoms with E-state index >= 15 is 0 Å². The van der Waals surface area contributed by atoms with Crippen LogP contribution in [0, 0.1) is 0 Å². The molecule has 0 aliphatic rings. The van der Waals surface area contributed by atoms with E-state index in [2.05, 4.69) is 12.6 Å². The van der Waals surface area contributed by atoms with Crippen LogP contribution in [-0.4, -0.2) is 41.2 Å². The number of carbonyl (C=O) groups is 2. The Labute approximate surface area is 110 Å². The molecule has 0 bridgehead atoms. The second kappa shape index (κ2) is 5.56. The molecule has 0 saturated carbocycles. The summed E-state index contributed by atoms with van der Waals surface area (Å²) in [5.41, 5.74) is 5.82. The molecule has 5 heteroatoms. The number of thiol groups is 1. The summed E-state index contributed by atoms with van der Waals surface area (Å²) in [7, 11) is 0. The monoisotopic (exact) mass is 219 g/mol. The third kappa shape index (κ3) is 3.13. The molecule has 0 spiro atoms. The minimum atomic E-state index is -0.576. The number of ketones is 1. The summed E-state index contributed by atoms with van der Waals surface area (Å²) in [6.07, 6.45) is 0. The van der Waals surface area contributed by atoms with Crippen molar-refractivity contribution in [3.8, 4) is 0 Å². The number of carbonyl (C=O) groups excluding carboxylic acids is 2. The zero-order valence-electron chi connectivity index (χ0n) is 7.07. The zero-order valence-corrected chi connectivity index (χ0v) is 7.97. The van der Waals surface area contributed by atoms with Gasteiger partial charge in [0, 0.05) is 10.5 Å². The summed E-state index contributed by atoms with van der Waals surface area (Å²) in [4.78, 5) is 22.3. The predicted molar refractivity (Wildman–Crippen MR) is 59.4 cm³/mol. The van der Waals surface area contributed by atoms with Crippen molar-refractivity contribution >= 4 is 53.9 Å². The van der Waals surface area contributed by atoms with Crippen molar-refractivity contribution in [1.29, 1.82) is 0 Å². The van der Waals surface area contributed by atoms with Gasteiger partial charge in [-0.1, -0.05) is 6.07 Å². The molecule has 0 aliphatic carbocycles. The molecule has 1 aromatic carbocycles. The second-order valence-electron chi connectivity index (χ2n) is 2.65. The molecule has 0 aromatic heterocycles. The van der Waals surface area contributed by atoms with Gasteiger partial charge in [-0.3, -0.25) is 9.59 Å². The number of hydrogen-bond acceptors (Lipinski definition) is 3. The molecule has 0 heterocycles. The molecule has 0 fully saturated rings. The van der Waals surface area contributed by atoms with E-state index in [-0.39, 0.29) is 40.9 Å². The molecule has 1 rings (SSSR count). The Morgan fingerprint density at radius 3 is 2.36 bits per heavy atom. The molecule has 1 amide bonds. The van der Waals surface area contributed by atoms with Crippen molar-refractivity contribution < 1.29 is 9.59 Å². The Morgan fingerprint density at radius 1 is 1.36 bits per heavy atom. The van der Waals surface area contributed by atoms with Crippen LogP contribution in [0.15, 0.2) is 23.1 Å². The maximum atomic E-state index is 11.0. The average molecular weight is 219 g/mol. The summed E-state index contributed by atoms with van der Waals surface area (Å²) in [6, 6.07) is 4.64. The van der Waals surface area contributed by atoms with Crippen LogP contribution in [0.3, 0.4) is 0 Å². The van der Waals surface area contributed by atoms with E-state index in [1.54, 1.807) is 12.1 Å². The van der Waals surface area contributed by atoms with Gasteiger partial charge in [-0.25, -0.2) is 0 Å². The Kier molecular flexibility index (Phi) is 5.44. The quantitative estimate of drug-likeness (QED) is 0.435. The van der Waals surface area contributed by atoms with Gasteiger partial charge in [-0.05, 0) is 19.1 Å². The van der Waals surface area contributed by atoms with Crippen molar-refractivity contribution in [2.24, 2.45) is 5.73 Å². The van der Waals surface area contributed by atoms with E-state index in [0.717, 1.165) is 0 Å². The fourth-order valence-electron chi connectivity index (χ4n) is 0.952. The van der Waals surface area contributed by atoms with Crippen LogP contribution in [0.5, 0.6) is 0 Å². The Morgan fingerprint density at radius 2 is 1.93 bits per heavy atom. The minimum absolute atomic E-state index is 0. The summed E-state index contributed by atoms with van der Waals surface area (Å²) in [6.45, 7) is 1.43. The topological polar surface area (TPSA) is 60.2 Å². The van der Waals surface area contributed by atoms with Gasteiger partial charge in [0.1, 0.15) is 0 Å². The molecule has 0 saturated heterocycles. The molecule has 0 unspecified atom stereocenters. The third-order valence-corrected chi connectivity index (χ3v) is 2.06. The zero-order chi connectivity index (χ0) is 10.0. The van der Waals surface area contributed by atoms with Crippen LogP contribution < -0.4 is 5.73 Å². The molecule has 14 heavy (non-hydrogen) atoms. The first-order valence-corrected chi connectivity index (χ1v) is 4.11. The number of primary amides is 1. The van der Waals surface area contributed by atoms with Crippen LogP contribution >= 0.6 is 12.6 Å². The number of benzene rings is 1. The van der Waals surface area contributed by atoms with Crippen molar-refractivity contribution in [3.63, 3.8) is 0 Å². The first kappa shape index (κ1) is 13.7. The number of rotatable bonds is 2. The van der Waals surface area contributed by atoms with E-state index in [1.807, 2.05) is 0 Å². The SMILES string of the molecule is CC(=O)c1ccc(S)c(C(N)=O)c1.[NaH]. The molecule has 2 N–H and O–H groups in total.